The van der Waals surface area contributed by atoms with Gasteiger partial charge < -0.3 is 10.6 Å². The summed E-state index contributed by atoms with van der Waals surface area (Å²) in [5.74, 6) is -1.57. The molecule has 1 aliphatic rings. The van der Waals surface area contributed by atoms with E-state index < -0.39 is 11.8 Å². The Morgan fingerprint density at radius 2 is 1.56 bits per heavy atom. The van der Waals surface area contributed by atoms with Crippen LogP contribution in [0, 0.1) is 6.92 Å². The van der Waals surface area contributed by atoms with E-state index in [-0.39, 0.29) is 16.6 Å². The summed E-state index contributed by atoms with van der Waals surface area (Å²) in [5.41, 5.74) is 2.45. The van der Waals surface area contributed by atoms with E-state index in [0.29, 0.717) is 33.2 Å². The van der Waals surface area contributed by atoms with Gasteiger partial charge in [0, 0.05) is 22.0 Å². The van der Waals surface area contributed by atoms with Gasteiger partial charge in [-0.2, -0.15) is 0 Å². The lowest BCUT2D eigenvalue weighted by Gasteiger charge is -2.18. The zero-order chi connectivity index (χ0) is 22.8. The van der Waals surface area contributed by atoms with Crippen LogP contribution in [-0.2, 0) is 9.59 Å². The third kappa shape index (κ3) is 4.23. The van der Waals surface area contributed by atoms with Crippen molar-refractivity contribution in [1.82, 2.24) is 0 Å². The predicted molar refractivity (Wildman–Crippen MR) is 126 cm³/mol. The minimum atomic E-state index is -0.650. The van der Waals surface area contributed by atoms with Gasteiger partial charge in [-0.25, -0.2) is 4.90 Å². The van der Waals surface area contributed by atoms with E-state index in [1.807, 2.05) is 18.2 Å². The number of aryl methyl sites for hydroxylation is 1. The molecule has 0 spiro atoms. The van der Waals surface area contributed by atoms with Crippen LogP contribution in [0.25, 0.3) is 0 Å². The van der Waals surface area contributed by atoms with E-state index in [1.54, 1.807) is 55.5 Å². The lowest BCUT2D eigenvalue weighted by Crippen LogP contribution is -2.32. The molecule has 1 aliphatic heterocycles. The summed E-state index contributed by atoms with van der Waals surface area (Å²) in [6.07, 6.45) is 0. The molecule has 0 radical (unpaired) electrons. The number of benzene rings is 3. The van der Waals surface area contributed by atoms with Crippen molar-refractivity contribution < 1.29 is 14.4 Å². The third-order valence-electron chi connectivity index (χ3n) is 4.87. The van der Waals surface area contributed by atoms with Gasteiger partial charge in [-0.05, 0) is 55.0 Å². The first-order valence-corrected chi connectivity index (χ1v) is 10.4. The number of nitrogens with one attached hydrogen (secondary N) is 2. The fraction of sp³-hybridized carbons (Fsp3) is 0.0417. The molecule has 0 aliphatic carbocycles. The van der Waals surface area contributed by atoms with Crippen LogP contribution in [0.2, 0.25) is 5.02 Å². The average Bonchev–Trinajstić information content (AvgIpc) is 2.99. The second kappa shape index (κ2) is 8.86. The Bertz CT molecular complexity index is 1270. The highest BCUT2D eigenvalue weighted by Gasteiger charge is 2.39. The van der Waals surface area contributed by atoms with E-state index in [9.17, 15) is 14.4 Å². The molecule has 2 N–H and O–H groups in total. The van der Waals surface area contributed by atoms with Crippen molar-refractivity contribution in [3.63, 3.8) is 0 Å². The fourth-order valence-electron chi connectivity index (χ4n) is 3.26. The molecule has 3 amide bonds. The monoisotopic (exact) mass is 465 g/mol. The standard InChI is InChI=1S/C24H17Cl2N3O3/c1-14-10-11-16(25)13-19(14)29-23(31)20(26)21(24(29)32)27-18-9-5-6-15(12-18)22(30)28-17-7-3-2-4-8-17/h2-13,27H,1H3,(H,28,30). The van der Waals surface area contributed by atoms with Crippen LogP contribution < -0.4 is 15.5 Å². The molecule has 3 aromatic carbocycles. The molecule has 4 rings (SSSR count). The number of carbonyl (C=O) groups is 3. The van der Waals surface area contributed by atoms with Crippen LogP contribution in [0.1, 0.15) is 15.9 Å². The Morgan fingerprint density at radius 1 is 0.844 bits per heavy atom. The Labute approximate surface area is 194 Å². The summed E-state index contributed by atoms with van der Waals surface area (Å²) in [6, 6.07) is 20.5. The topological polar surface area (TPSA) is 78.5 Å². The van der Waals surface area contributed by atoms with Crippen LogP contribution in [0.5, 0.6) is 0 Å². The van der Waals surface area contributed by atoms with Gasteiger partial charge in [0.05, 0.1) is 5.69 Å². The number of nitrogens with zero attached hydrogens (tertiary/aromatic N) is 1. The van der Waals surface area contributed by atoms with Gasteiger partial charge in [0.15, 0.2) is 0 Å². The van der Waals surface area contributed by atoms with Gasteiger partial charge in [0.25, 0.3) is 17.7 Å². The van der Waals surface area contributed by atoms with Crippen LogP contribution in [0.4, 0.5) is 17.1 Å². The molecule has 3 aromatic rings. The number of imide groups is 1. The second-order valence-corrected chi connectivity index (χ2v) is 7.91. The van der Waals surface area contributed by atoms with Crippen LogP contribution in [0.3, 0.4) is 0 Å². The van der Waals surface area contributed by atoms with Crippen LogP contribution >= 0.6 is 23.2 Å². The number of carbonyl (C=O) groups excluding carboxylic acids is 3. The molecule has 0 aromatic heterocycles. The fourth-order valence-corrected chi connectivity index (χ4v) is 3.64. The Hall–Kier alpha value is -3.61. The minimum Gasteiger partial charge on any atom is -0.350 e. The molecular weight excluding hydrogens is 449 g/mol. The summed E-state index contributed by atoms with van der Waals surface area (Å²) in [5, 5.41) is 5.83. The van der Waals surface area contributed by atoms with Gasteiger partial charge in [0.1, 0.15) is 10.7 Å². The molecule has 8 heteroatoms. The van der Waals surface area contributed by atoms with Crippen LogP contribution in [-0.4, -0.2) is 17.7 Å². The number of para-hydroxylation sites is 1. The minimum absolute atomic E-state index is 0.0725. The van der Waals surface area contributed by atoms with Gasteiger partial charge >= 0.3 is 0 Å². The highest BCUT2D eigenvalue weighted by atomic mass is 35.5. The molecule has 160 valence electrons. The summed E-state index contributed by atoms with van der Waals surface area (Å²) in [7, 11) is 0. The summed E-state index contributed by atoms with van der Waals surface area (Å²) in [4.78, 5) is 39.3. The van der Waals surface area contributed by atoms with Crippen molar-refractivity contribution in [3.05, 3.63) is 99.7 Å². The Kier molecular flexibility index (Phi) is 5.99. The highest BCUT2D eigenvalue weighted by Crippen LogP contribution is 2.33. The van der Waals surface area contributed by atoms with E-state index in [0.717, 1.165) is 4.90 Å². The number of hydrogen-bond acceptors (Lipinski definition) is 4. The maximum absolute atomic E-state index is 13.0. The first-order chi connectivity index (χ1) is 15.3. The quantitative estimate of drug-likeness (QED) is 0.498. The molecular formula is C24H17Cl2N3O3. The number of anilines is 3. The van der Waals surface area contributed by atoms with Gasteiger partial charge in [-0.1, -0.05) is 53.5 Å². The van der Waals surface area contributed by atoms with Crippen molar-refractivity contribution in [1.29, 1.82) is 0 Å². The molecule has 1 heterocycles. The molecule has 0 fully saturated rings. The van der Waals surface area contributed by atoms with Gasteiger partial charge in [0.2, 0.25) is 0 Å². The summed E-state index contributed by atoms with van der Waals surface area (Å²) >= 11 is 12.3. The molecule has 0 unspecified atom stereocenters. The summed E-state index contributed by atoms with van der Waals surface area (Å²) in [6.45, 7) is 1.76. The van der Waals surface area contributed by atoms with E-state index in [4.69, 9.17) is 23.2 Å². The molecule has 0 bridgehead atoms. The molecule has 0 atom stereocenters. The maximum atomic E-state index is 13.0. The van der Waals surface area contributed by atoms with E-state index in [2.05, 4.69) is 10.6 Å². The smallest absolute Gasteiger partial charge is 0.283 e. The van der Waals surface area contributed by atoms with Gasteiger partial charge in [-0.15, -0.1) is 0 Å². The van der Waals surface area contributed by atoms with Crippen molar-refractivity contribution in [2.75, 3.05) is 15.5 Å². The average molecular weight is 466 g/mol. The molecule has 32 heavy (non-hydrogen) atoms. The SMILES string of the molecule is Cc1ccc(Cl)cc1N1C(=O)C(Cl)=C(Nc2cccc(C(=O)Nc3ccccc3)c2)C1=O. The molecule has 0 saturated carbocycles. The Balaban J connectivity index is 1.57. The normalized spacial score (nSPS) is 13.5. The van der Waals surface area contributed by atoms with E-state index in [1.165, 1.54) is 6.07 Å². The van der Waals surface area contributed by atoms with Crippen molar-refractivity contribution in [2.45, 2.75) is 6.92 Å². The molecule has 6 nitrogen and oxygen atoms in total. The van der Waals surface area contributed by atoms with Crippen molar-refractivity contribution >= 4 is 58.0 Å². The second-order valence-electron chi connectivity index (χ2n) is 7.09. The van der Waals surface area contributed by atoms with E-state index >= 15 is 0 Å². The number of amides is 3. The lowest BCUT2D eigenvalue weighted by atomic mass is 10.1. The van der Waals surface area contributed by atoms with Crippen molar-refractivity contribution in [3.8, 4) is 0 Å². The molecule has 0 saturated heterocycles. The zero-order valence-corrected chi connectivity index (χ0v) is 18.4. The van der Waals surface area contributed by atoms with Crippen LogP contribution in [0.15, 0.2) is 83.5 Å². The van der Waals surface area contributed by atoms with Gasteiger partial charge in [-0.3, -0.25) is 14.4 Å². The third-order valence-corrected chi connectivity index (χ3v) is 5.45. The highest BCUT2D eigenvalue weighted by molar-refractivity contribution is 6.53. The summed E-state index contributed by atoms with van der Waals surface area (Å²) < 4.78 is 0. The first kappa shape index (κ1) is 21.6. The number of rotatable bonds is 5. The number of hydrogen-bond donors (Lipinski definition) is 2. The maximum Gasteiger partial charge on any atom is 0.283 e. The first-order valence-electron chi connectivity index (χ1n) is 9.63. The lowest BCUT2D eigenvalue weighted by molar-refractivity contribution is -0.120. The largest absolute Gasteiger partial charge is 0.350 e. The van der Waals surface area contributed by atoms with Crippen molar-refractivity contribution in [2.24, 2.45) is 0 Å². The number of halogens is 2. The zero-order valence-electron chi connectivity index (χ0n) is 16.9. The predicted octanol–water partition coefficient (Wildman–Crippen LogP) is 5.34. The Morgan fingerprint density at radius 3 is 2.31 bits per heavy atom.